The third-order valence-electron chi connectivity index (χ3n) is 5.65. The molecule has 0 bridgehead atoms. The number of carbonyl (C=O) groups excluding carboxylic acids is 1. The highest BCUT2D eigenvalue weighted by Gasteiger charge is 2.45. The Kier molecular flexibility index (Phi) is 8.81. The SMILES string of the molecule is CCOC(=O)C1=C(C(F)(F)F)N=c2s/c(=C/c3ccc(OCC#N)cc3OCC#N)c(=O)n2[C@H]1c1ccc(Cl)cc1. The zero-order chi connectivity index (χ0) is 29.7. The molecule has 14 heteroatoms. The summed E-state index contributed by atoms with van der Waals surface area (Å²) in [6.45, 7) is 0.647. The first kappa shape index (κ1) is 29.4. The van der Waals surface area contributed by atoms with Gasteiger partial charge in [-0.05, 0) is 42.8 Å². The Morgan fingerprint density at radius 2 is 1.83 bits per heavy atom. The molecule has 3 aromatic rings. The van der Waals surface area contributed by atoms with Gasteiger partial charge in [-0.15, -0.1) is 0 Å². The van der Waals surface area contributed by atoms with Crippen LogP contribution in [0.1, 0.15) is 24.1 Å². The molecule has 0 N–H and O–H groups in total. The van der Waals surface area contributed by atoms with Crippen LogP contribution in [0, 0.1) is 22.7 Å². The van der Waals surface area contributed by atoms with E-state index in [1.807, 2.05) is 12.1 Å². The number of rotatable bonds is 8. The molecule has 0 unspecified atom stereocenters. The van der Waals surface area contributed by atoms with Gasteiger partial charge in [-0.25, -0.2) is 9.79 Å². The number of benzene rings is 2. The summed E-state index contributed by atoms with van der Waals surface area (Å²) in [6, 6.07) is 12.2. The van der Waals surface area contributed by atoms with E-state index in [9.17, 15) is 22.8 Å². The van der Waals surface area contributed by atoms with E-state index < -0.39 is 35.0 Å². The second-order valence-electron chi connectivity index (χ2n) is 8.21. The Morgan fingerprint density at radius 1 is 1.15 bits per heavy atom. The third kappa shape index (κ3) is 6.27. The number of hydrogen-bond acceptors (Lipinski definition) is 9. The molecule has 41 heavy (non-hydrogen) atoms. The molecule has 210 valence electrons. The minimum Gasteiger partial charge on any atom is -0.479 e. The van der Waals surface area contributed by atoms with Crippen molar-refractivity contribution in [2.45, 2.75) is 19.1 Å². The Labute approximate surface area is 239 Å². The van der Waals surface area contributed by atoms with E-state index in [0.717, 1.165) is 4.57 Å². The van der Waals surface area contributed by atoms with Crippen LogP contribution in [-0.2, 0) is 9.53 Å². The van der Waals surface area contributed by atoms with Gasteiger partial charge >= 0.3 is 12.1 Å². The van der Waals surface area contributed by atoms with Gasteiger partial charge < -0.3 is 14.2 Å². The van der Waals surface area contributed by atoms with Crippen molar-refractivity contribution in [3.8, 4) is 23.6 Å². The van der Waals surface area contributed by atoms with E-state index in [0.29, 0.717) is 21.9 Å². The maximum atomic E-state index is 14.2. The number of aromatic nitrogens is 1. The third-order valence-corrected chi connectivity index (χ3v) is 6.88. The van der Waals surface area contributed by atoms with Gasteiger partial charge in [-0.1, -0.05) is 35.1 Å². The first-order valence-corrected chi connectivity index (χ1v) is 13.0. The molecule has 0 aliphatic carbocycles. The monoisotopic (exact) mass is 602 g/mol. The van der Waals surface area contributed by atoms with Crippen LogP contribution in [0.5, 0.6) is 11.5 Å². The van der Waals surface area contributed by atoms with Crippen molar-refractivity contribution in [1.82, 2.24) is 4.57 Å². The number of thiazole rings is 1. The molecule has 4 rings (SSSR count). The van der Waals surface area contributed by atoms with Gasteiger partial charge in [-0.2, -0.15) is 23.7 Å². The van der Waals surface area contributed by atoms with Gasteiger partial charge in [0, 0.05) is 16.7 Å². The number of nitriles is 2. The lowest BCUT2D eigenvalue weighted by Gasteiger charge is -2.26. The number of fused-ring (bicyclic) bond motifs is 1. The molecule has 1 aliphatic rings. The maximum Gasteiger partial charge on any atom is 0.434 e. The average molecular weight is 603 g/mol. The van der Waals surface area contributed by atoms with Crippen molar-refractivity contribution in [3.05, 3.63) is 89.6 Å². The standard InChI is InChI=1S/C27H18ClF3N4O5S/c1-2-38-25(37)21-22(15-3-6-17(28)7-4-15)35-24(36)20(41-26(35)34-23(21)27(29,30)31)13-16-5-8-18(39-11-9-32)14-19(16)40-12-10-33/h3-8,13-14,22H,2,11-12H2,1H3/b20-13+/t22-/m0/s1. The molecular weight excluding hydrogens is 585 g/mol. The molecule has 9 nitrogen and oxygen atoms in total. The summed E-state index contributed by atoms with van der Waals surface area (Å²) in [5.41, 5.74) is -2.55. The number of esters is 1. The van der Waals surface area contributed by atoms with E-state index >= 15 is 0 Å². The zero-order valence-electron chi connectivity index (χ0n) is 21.1. The Bertz CT molecular complexity index is 1780. The van der Waals surface area contributed by atoms with Crippen LogP contribution < -0.4 is 24.4 Å². The second kappa shape index (κ2) is 12.3. The predicted octanol–water partition coefficient (Wildman–Crippen LogP) is 3.80. The van der Waals surface area contributed by atoms with Crippen molar-refractivity contribution in [2.24, 2.45) is 4.99 Å². The van der Waals surface area contributed by atoms with Gasteiger partial charge in [0.15, 0.2) is 23.7 Å². The summed E-state index contributed by atoms with van der Waals surface area (Å²) in [5, 5.41) is 18.0. The van der Waals surface area contributed by atoms with Crippen LogP contribution >= 0.6 is 22.9 Å². The quantitative estimate of drug-likeness (QED) is 0.359. The summed E-state index contributed by atoms with van der Waals surface area (Å²) in [5.74, 6) is -0.877. The highest BCUT2D eigenvalue weighted by molar-refractivity contribution is 7.07. The first-order chi connectivity index (χ1) is 19.6. The van der Waals surface area contributed by atoms with Gasteiger partial charge in [0.1, 0.15) is 23.6 Å². The van der Waals surface area contributed by atoms with Crippen molar-refractivity contribution in [2.75, 3.05) is 19.8 Å². The number of nitrogens with zero attached hydrogens (tertiary/aromatic N) is 4. The number of alkyl halides is 3. The van der Waals surface area contributed by atoms with Crippen LogP contribution in [-0.4, -0.2) is 36.5 Å². The molecule has 0 fully saturated rings. The highest BCUT2D eigenvalue weighted by Crippen LogP contribution is 2.38. The first-order valence-electron chi connectivity index (χ1n) is 11.8. The van der Waals surface area contributed by atoms with Gasteiger partial charge in [-0.3, -0.25) is 9.36 Å². The normalized spacial score (nSPS) is 14.9. The zero-order valence-corrected chi connectivity index (χ0v) is 22.6. The number of halogens is 4. The van der Waals surface area contributed by atoms with E-state index in [1.54, 1.807) is 0 Å². The molecule has 0 amide bonds. The van der Waals surface area contributed by atoms with E-state index in [4.69, 9.17) is 36.3 Å². The second-order valence-corrected chi connectivity index (χ2v) is 9.65. The Morgan fingerprint density at radius 3 is 2.46 bits per heavy atom. The predicted molar refractivity (Wildman–Crippen MR) is 141 cm³/mol. The molecule has 0 saturated heterocycles. The van der Waals surface area contributed by atoms with Crippen LogP contribution in [0.3, 0.4) is 0 Å². The van der Waals surface area contributed by atoms with E-state index in [1.165, 1.54) is 55.5 Å². The largest absolute Gasteiger partial charge is 0.479 e. The number of carbonyl (C=O) groups is 1. The Hall–Kier alpha value is -4.59. The Balaban J connectivity index is 1.98. The lowest BCUT2D eigenvalue weighted by Crippen LogP contribution is -2.41. The summed E-state index contributed by atoms with van der Waals surface area (Å²) in [7, 11) is 0. The van der Waals surface area contributed by atoms with Crippen LogP contribution in [0.4, 0.5) is 13.2 Å². The summed E-state index contributed by atoms with van der Waals surface area (Å²) < 4.78 is 59.4. The molecule has 2 heterocycles. The number of allylic oxidation sites excluding steroid dienone is 1. The summed E-state index contributed by atoms with van der Waals surface area (Å²) in [6.07, 6.45) is -3.68. The fraction of sp³-hybridized carbons (Fsp3) is 0.222. The molecule has 0 radical (unpaired) electrons. The van der Waals surface area contributed by atoms with Gasteiger partial charge in [0.05, 0.1) is 22.8 Å². The maximum absolute atomic E-state index is 14.2. The molecule has 1 aromatic heterocycles. The number of ether oxygens (including phenoxy) is 3. The van der Waals surface area contributed by atoms with Crippen molar-refractivity contribution < 1.29 is 32.2 Å². The van der Waals surface area contributed by atoms with Crippen LogP contribution in [0.25, 0.3) is 6.08 Å². The van der Waals surface area contributed by atoms with Crippen LogP contribution in [0.2, 0.25) is 5.02 Å². The van der Waals surface area contributed by atoms with Crippen molar-refractivity contribution in [1.29, 1.82) is 10.5 Å². The van der Waals surface area contributed by atoms with Gasteiger partial charge in [0.25, 0.3) is 5.56 Å². The fourth-order valence-corrected chi connectivity index (χ4v) is 5.13. The van der Waals surface area contributed by atoms with Crippen molar-refractivity contribution >= 4 is 35.0 Å². The van der Waals surface area contributed by atoms with E-state index in [2.05, 4.69) is 4.99 Å². The molecule has 0 saturated carbocycles. The minimum atomic E-state index is -5.04. The summed E-state index contributed by atoms with van der Waals surface area (Å²) in [4.78, 5) is 30.1. The fourth-order valence-electron chi connectivity index (χ4n) is 4.02. The number of hydrogen-bond donors (Lipinski definition) is 0. The van der Waals surface area contributed by atoms with Crippen LogP contribution in [0.15, 0.2) is 63.5 Å². The smallest absolute Gasteiger partial charge is 0.434 e. The molecular formula is C27H18ClF3N4O5S. The molecule has 1 atom stereocenters. The summed E-state index contributed by atoms with van der Waals surface area (Å²) >= 11 is 6.66. The topological polar surface area (TPSA) is 127 Å². The lowest BCUT2D eigenvalue weighted by atomic mass is 9.95. The average Bonchev–Trinajstić information content (AvgIpc) is 3.25. The molecule has 2 aromatic carbocycles. The molecule has 0 spiro atoms. The van der Waals surface area contributed by atoms with Gasteiger partial charge in [0.2, 0.25) is 0 Å². The highest BCUT2D eigenvalue weighted by atomic mass is 35.5. The lowest BCUT2D eigenvalue weighted by molar-refractivity contribution is -0.140. The van der Waals surface area contributed by atoms with Crippen molar-refractivity contribution in [3.63, 3.8) is 0 Å². The minimum absolute atomic E-state index is 0.0261. The van der Waals surface area contributed by atoms with E-state index in [-0.39, 0.29) is 46.2 Å². The molecule has 1 aliphatic heterocycles.